The maximum Gasteiger partial charge on any atom is 0.0971 e. The van der Waals surface area contributed by atoms with Crippen LogP contribution in [-0.4, -0.2) is 11.9 Å². The predicted octanol–water partition coefficient (Wildman–Crippen LogP) is 3.89. The zero-order valence-corrected chi connectivity index (χ0v) is 11.3. The summed E-state index contributed by atoms with van der Waals surface area (Å²) in [6, 6.07) is 0.456. The molecule has 1 unspecified atom stereocenters. The second-order valence-electron chi connectivity index (χ2n) is 6.03. The van der Waals surface area contributed by atoms with E-state index in [1.54, 1.807) is 0 Å². The molecule has 0 aromatic carbocycles. The molecule has 0 spiro atoms. The molecule has 0 heterocycles. The first kappa shape index (κ1) is 12.9. The Morgan fingerprint density at radius 3 is 2.06 bits per heavy atom. The summed E-state index contributed by atoms with van der Waals surface area (Å²) in [4.78, 5) is 4.82. The minimum absolute atomic E-state index is 0.456. The van der Waals surface area contributed by atoms with Crippen molar-refractivity contribution in [3.05, 3.63) is 0 Å². The van der Waals surface area contributed by atoms with Crippen molar-refractivity contribution in [2.45, 2.75) is 77.2 Å². The summed E-state index contributed by atoms with van der Waals surface area (Å²) in [5.41, 5.74) is 6.21. The van der Waals surface area contributed by atoms with Crippen molar-refractivity contribution in [2.75, 3.05) is 0 Å². The van der Waals surface area contributed by atoms with Crippen molar-refractivity contribution in [1.29, 1.82) is 0 Å². The molecule has 0 bridgehead atoms. The van der Waals surface area contributed by atoms with E-state index in [1.807, 2.05) is 0 Å². The third kappa shape index (κ3) is 3.72. The fourth-order valence-electron chi connectivity index (χ4n) is 3.46. The van der Waals surface area contributed by atoms with Gasteiger partial charge in [-0.05, 0) is 38.5 Å². The van der Waals surface area contributed by atoms with Crippen molar-refractivity contribution in [2.24, 2.45) is 22.6 Å². The minimum atomic E-state index is 0.456. The summed E-state index contributed by atoms with van der Waals surface area (Å²) in [6.07, 6.45) is 13.6. The van der Waals surface area contributed by atoms with Gasteiger partial charge >= 0.3 is 0 Å². The van der Waals surface area contributed by atoms with E-state index in [9.17, 15) is 0 Å². The van der Waals surface area contributed by atoms with E-state index in [2.05, 4.69) is 6.92 Å². The Labute approximate surface area is 106 Å². The normalized spacial score (nSPS) is 27.0. The molecule has 2 heteroatoms. The summed E-state index contributed by atoms with van der Waals surface area (Å²) in [5, 5.41) is 0. The molecule has 2 aliphatic carbocycles. The van der Waals surface area contributed by atoms with Crippen LogP contribution in [0.2, 0.25) is 0 Å². The zero-order valence-electron chi connectivity index (χ0n) is 11.3. The standard InChI is InChI=1S/C15H28N2/c1-12(13-8-4-2-5-9-13)17-15(16)14-10-6-3-7-11-14/h12-14H,2-11H2,1H3,(H2,16,17). The van der Waals surface area contributed by atoms with Crippen LogP contribution < -0.4 is 5.73 Å². The molecule has 2 N–H and O–H groups in total. The van der Waals surface area contributed by atoms with Crippen LogP contribution in [0, 0.1) is 11.8 Å². The molecule has 2 saturated carbocycles. The molecule has 2 aliphatic rings. The van der Waals surface area contributed by atoms with Crippen molar-refractivity contribution >= 4 is 5.84 Å². The highest BCUT2D eigenvalue weighted by Crippen LogP contribution is 2.29. The van der Waals surface area contributed by atoms with Crippen LogP contribution in [0.3, 0.4) is 0 Å². The molecule has 0 amide bonds. The number of amidine groups is 1. The van der Waals surface area contributed by atoms with E-state index in [0.717, 1.165) is 11.8 Å². The first-order valence-electron chi connectivity index (χ1n) is 7.60. The number of nitrogens with two attached hydrogens (primary N) is 1. The highest BCUT2D eigenvalue weighted by atomic mass is 14.9. The largest absolute Gasteiger partial charge is 0.387 e. The van der Waals surface area contributed by atoms with Gasteiger partial charge in [-0.2, -0.15) is 0 Å². The van der Waals surface area contributed by atoms with Gasteiger partial charge in [-0.25, -0.2) is 0 Å². The second kappa shape index (κ2) is 6.42. The van der Waals surface area contributed by atoms with Crippen LogP contribution in [0.25, 0.3) is 0 Å². The Hall–Kier alpha value is -0.530. The molecule has 2 nitrogen and oxygen atoms in total. The van der Waals surface area contributed by atoms with Crippen molar-refractivity contribution in [1.82, 2.24) is 0 Å². The molecule has 1 atom stereocenters. The lowest BCUT2D eigenvalue weighted by Crippen LogP contribution is -2.29. The third-order valence-electron chi connectivity index (χ3n) is 4.71. The molecule has 17 heavy (non-hydrogen) atoms. The topological polar surface area (TPSA) is 38.4 Å². The molecule has 0 radical (unpaired) electrons. The smallest absolute Gasteiger partial charge is 0.0971 e. The second-order valence-corrected chi connectivity index (χ2v) is 6.03. The van der Waals surface area contributed by atoms with Gasteiger partial charge in [0.25, 0.3) is 0 Å². The molecule has 0 saturated heterocycles. The average molecular weight is 236 g/mol. The number of aliphatic imine (C=N–C) groups is 1. The van der Waals surface area contributed by atoms with Gasteiger partial charge < -0.3 is 5.73 Å². The summed E-state index contributed by atoms with van der Waals surface area (Å²) >= 11 is 0. The van der Waals surface area contributed by atoms with Gasteiger partial charge in [0.05, 0.1) is 11.9 Å². The van der Waals surface area contributed by atoms with Crippen LogP contribution in [-0.2, 0) is 0 Å². The van der Waals surface area contributed by atoms with E-state index >= 15 is 0 Å². The lowest BCUT2D eigenvalue weighted by Gasteiger charge is -2.27. The molecule has 98 valence electrons. The Morgan fingerprint density at radius 1 is 0.941 bits per heavy atom. The lowest BCUT2D eigenvalue weighted by atomic mass is 9.84. The van der Waals surface area contributed by atoms with Crippen LogP contribution in [0.4, 0.5) is 0 Å². The molecular weight excluding hydrogens is 208 g/mol. The van der Waals surface area contributed by atoms with Gasteiger partial charge in [0, 0.05) is 5.92 Å². The molecule has 0 aliphatic heterocycles. The molecule has 2 fully saturated rings. The minimum Gasteiger partial charge on any atom is -0.387 e. The van der Waals surface area contributed by atoms with Crippen molar-refractivity contribution in [3.8, 4) is 0 Å². The number of nitrogens with zero attached hydrogens (tertiary/aromatic N) is 1. The number of hydrogen-bond donors (Lipinski definition) is 1. The Morgan fingerprint density at radius 2 is 1.47 bits per heavy atom. The predicted molar refractivity (Wildman–Crippen MR) is 74.2 cm³/mol. The van der Waals surface area contributed by atoms with Gasteiger partial charge in [-0.1, -0.05) is 38.5 Å². The van der Waals surface area contributed by atoms with Gasteiger partial charge in [0.1, 0.15) is 0 Å². The van der Waals surface area contributed by atoms with Crippen molar-refractivity contribution < 1.29 is 0 Å². The first-order chi connectivity index (χ1) is 8.27. The fraction of sp³-hybridized carbons (Fsp3) is 0.933. The van der Waals surface area contributed by atoms with Gasteiger partial charge in [0.15, 0.2) is 0 Å². The van der Waals surface area contributed by atoms with Gasteiger partial charge in [0.2, 0.25) is 0 Å². The SMILES string of the molecule is CC(N=C(N)C1CCCCC1)C1CCCCC1. The summed E-state index contributed by atoms with van der Waals surface area (Å²) in [5.74, 6) is 2.35. The highest BCUT2D eigenvalue weighted by Gasteiger charge is 2.22. The van der Waals surface area contributed by atoms with Crippen molar-refractivity contribution in [3.63, 3.8) is 0 Å². The lowest BCUT2D eigenvalue weighted by molar-refractivity contribution is 0.316. The third-order valence-corrected chi connectivity index (χ3v) is 4.71. The van der Waals surface area contributed by atoms with Gasteiger partial charge in [-0.15, -0.1) is 0 Å². The van der Waals surface area contributed by atoms with E-state index in [4.69, 9.17) is 10.7 Å². The molecule has 2 rings (SSSR count). The van der Waals surface area contributed by atoms with Crippen LogP contribution in [0.1, 0.15) is 71.1 Å². The maximum atomic E-state index is 6.21. The maximum absolute atomic E-state index is 6.21. The number of hydrogen-bond acceptors (Lipinski definition) is 1. The average Bonchev–Trinajstić information content (AvgIpc) is 2.40. The van der Waals surface area contributed by atoms with Crippen LogP contribution in [0.15, 0.2) is 4.99 Å². The van der Waals surface area contributed by atoms with E-state index in [1.165, 1.54) is 64.2 Å². The summed E-state index contributed by atoms with van der Waals surface area (Å²) in [7, 11) is 0. The monoisotopic (exact) mass is 236 g/mol. The zero-order chi connectivity index (χ0) is 12.1. The van der Waals surface area contributed by atoms with E-state index < -0.39 is 0 Å². The highest BCUT2D eigenvalue weighted by molar-refractivity contribution is 5.83. The Bertz CT molecular complexity index is 248. The Kier molecular flexibility index (Phi) is 4.87. The van der Waals surface area contributed by atoms with Crippen LogP contribution >= 0.6 is 0 Å². The number of rotatable bonds is 3. The summed E-state index contributed by atoms with van der Waals surface area (Å²) < 4.78 is 0. The molecule has 0 aromatic heterocycles. The van der Waals surface area contributed by atoms with Crippen LogP contribution in [0.5, 0.6) is 0 Å². The van der Waals surface area contributed by atoms with E-state index in [0.29, 0.717) is 12.0 Å². The quantitative estimate of drug-likeness (QED) is 0.586. The molecule has 0 aromatic rings. The first-order valence-corrected chi connectivity index (χ1v) is 7.60. The van der Waals surface area contributed by atoms with Gasteiger partial charge in [-0.3, -0.25) is 4.99 Å². The summed E-state index contributed by atoms with van der Waals surface area (Å²) in [6.45, 7) is 2.27. The van der Waals surface area contributed by atoms with E-state index in [-0.39, 0.29) is 0 Å². The fourth-order valence-corrected chi connectivity index (χ4v) is 3.46. The Balaban J connectivity index is 1.87. The molecular formula is C15H28N2.